The summed E-state index contributed by atoms with van der Waals surface area (Å²) in [5.41, 5.74) is 1.40. The molecule has 5 atom stereocenters. The quantitative estimate of drug-likeness (QED) is 0.283. The Kier molecular flexibility index (Phi) is 7.74. The maximum absolute atomic E-state index is 15.2. The van der Waals surface area contributed by atoms with Crippen LogP contribution >= 0.6 is 0 Å². The molecule has 10 heteroatoms. The van der Waals surface area contributed by atoms with Crippen molar-refractivity contribution in [2.45, 2.75) is 89.0 Å². The molecule has 240 valence electrons. The van der Waals surface area contributed by atoms with E-state index in [1.54, 1.807) is 18.2 Å². The lowest BCUT2D eigenvalue weighted by Gasteiger charge is -2.56. The van der Waals surface area contributed by atoms with Crippen LogP contribution in [0.4, 0.5) is 33.3 Å². The maximum atomic E-state index is 15.2. The van der Waals surface area contributed by atoms with Crippen LogP contribution < -0.4 is 10.6 Å². The molecular formula is C35H37F5N2O3. The summed E-state index contributed by atoms with van der Waals surface area (Å²) in [5, 5.41) is 17.5. The number of allylic oxidation sites excluding steroid dienone is 4. The Morgan fingerprint density at radius 1 is 0.956 bits per heavy atom. The topological polar surface area (TPSA) is 78.4 Å². The van der Waals surface area contributed by atoms with Gasteiger partial charge in [0.25, 0.3) is 0 Å². The lowest BCUT2D eigenvalue weighted by atomic mass is 9.50. The number of ketones is 1. The highest BCUT2D eigenvalue weighted by molar-refractivity contribution is 5.93. The van der Waals surface area contributed by atoms with Crippen LogP contribution in [0.5, 0.6) is 0 Å². The summed E-state index contributed by atoms with van der Waals surface area (Å²) in [6.45, 7) is 3.35. The second-order valence-electron chi connectivity index (χ2n) is 13.3. The van der Waals surface area contributed by atoms with E-state index in [2.05, 4.69) is 10.6 Å². The molecule has 2 fully saturated rings. The number of alkyl halides is 5. The SMILES string of the molecule is CC(=O)Nc1ccc(NCc2ccc([C@H]3CC4(C)C(CC[C@@]4(O)C(F)(F)C(F)(F)F)C4CCC5=CC(=O)CCC5=C43)cc2)cc1. The van der Waals surface area contributed by atoms with Crippen molar-refractivity contribution in [3.05, 3.63) is 82.5 Å². The van der Waals surface area contributed by atoms with Crippen LogP contribution in [0.1, 0.15) is 75.8 Å². The van der Waals surface area contributed by atoms with Crippen LogP contribution in [0.2, 0.25) is 0 Å². The number of hydrogen-bond acceptors (Lipinski definition) is 4. The molecule has 6 rings (SSSR count). The summed E-state index contributed by atoms with van der Waals surface area (Å²) in [6, 6.07) is 14.9. The highest BCUT2D eigenvalue weighted by atomic mass is 19.4. The van der Waals surface area contributed by atoms with Crippen molar-refractivity contribution in [2.75, 3.05) is 10.6 Å². The van der Waals surface area contributed by atoms with Gasteiger partial charge < -0.3 is 15.7 Å². The molecular weight excluding hydrogens is 591 g/mol. The summed E-state index contributed by atoms with van der Waals surface area (Å²) in [4.78, 5) is 23.5. The number of rotatable bonds is 6. The summed E-state index contributed by atoms with van der Waals surface area (Å²) in [7, 11) is 0. The van der Waals surface area contributed by atoms with E-state index in [0.717, 1.165) is 33.5 Å². The van der Waals surface area contributed by atoms with Crippen LogP contribution in [0, 0.1) is 17.3 Å². The summed E-state index contributed by atoms with van der Waals surface area (Å²) >= 11 is 0. The maximum Gasteiger partial charge on any atom is 0.456 e. The third-order valence-corrected chi connectivity index (χ3v) is 10.8. The third kappa shape index (κ3) is 5.19. The zero-order valence-corrected chi connectivity index (χ0v) is 25.2. The molecule has 0 aromatic heterocycles. The van der Waals surface area contributed by atoms with Crippen LogP contribution in [0.15, 0.2) is 71.3 Å². The minimum atomic E-state index is -5.88. The van der Waals surface area contributed by atoms with Gasteiger partial charge in [0, 0.05) is 42.6 Å². The molecule has 1 amide bonds. The number of hydrogen-bond donors (Lipinski definition) is 3. The van der Waals surface area contributed by atoms with E-state index in [4.69, 9.17) is 0 Å². The molecule has 45 heavy (non-hydrogen) atoms. The average molecular weight is 629 g/mol. The molecule has 5 nitrogen and oxygen atoms in total. The van der Waals surface area contributed by atoms with Crippen molar-refractivity contribution in [3.8, 4) is 0 Å². The van der Waals surface area contributed by atoms with Gasteiger partial charge in [-0.05, 0) is 103 Å². The predicted octanol–water partition coefficient (Wildman–Crippen LogP) is 8.09. The monoisotopic (exact) mass is 628 g/mol. The standard InChI is InChI=1S/C35H37F5N2O3/c1-20(43)42-25-10-8-24(9-11-25)41-19-21-3-5-22(6-4-21)29-18-32(2)30(15-16-33(32,45)34(36,37)35(38,39)40)28-13-7-23-17-26(44)12-14-27(23)31(28)29/h3-6,8-11,17,28-30,41,45H,7,12-16,18-19H2,1-2H3,(H,42,43)/t28?,29-,30?,32?,33+/m1/s1. The van der Waals surface area contributed by atoms with Crippen molar-refractivity contribution >= 4 is 23.1 Å². The minimum absolute atomic E-state index is 0.0470. The number of carbonyl (C=O) groups is 2. The van der Waals surface area contributed by atoms with Crippen LogP contribution in [0.25, 0.3) is 0 Å². The number of halogens is 5. The molecule has 2 aromatic rings. The fourth-order valence-corrected chi connectivity index (χ4v) is 8.66. The van der Waals surface area contributed by atoms with Gasteiger partial charge in [-0.15, -0.1) is 0 Å². The Hall–Kier alpha value is -3.53. The Morgan fingerprint density at radius 3 is 2.27 bits per heavy atom. The molecule has 0 saturated heterocycles. The Balaban J connectivity index is 1.33. The van der Waals surface area contributed by atoms with E-state index in [1.807, 2.05) is 36.4 Å². The fraction of sp³-hybridized carbons (Fsp3) is 0.486. The Bertz CT molecular complexity index is 1560. The van der Waals surface area contributed by atoms with Crippen molar-refractivity contribution in [2.24, 2.45) is 17.3 Å². The molecule has 0 bridgehead atoms. The molecule has 3 N–H and O–H groups in total. The van der Waals surface area contributed by atoms with Crippen molar-refractivity contribution in [3.63, 3.8) is 0 Å². The molecule has 2 saturated carbocycles. The third-order valence-electron chi connectivity index (χ3n) is 10.8. The Morgan fingerprint density at radius 2 is 1.62 bits per heavy atom. The first kappa shape index (κ1) is 31.5. The first-order chi connectivity index (χ1) is 21.1. The average Bonchev–Trinajstić information content (AvgIpc) is 3.27. The van der Waals surface area contributed by atoms with Gasteiger partial charge in [0.05, 0.1) is 0 Å². The van der Waals surface area contributed by atoms with Gasteiger partial charge in [0.15, 0.2) is 5.78 Å². The molecule has 0 radical (unpaired) electrons. The second kappa shape index (κ2) is 11.1. The largest absolute Gasteiger partial charge is 0.456 e. The minimum Gasteiger partial charge on any atom is -0.383 e. The van der Waals surface area contributed by atoms with E-state index in [1.165, 1.54) is 13.8 Å². The number of amides is 1. The summed E-state index contributed by atoms with van der Waals surface area (Å²) < 4.78 is 71.8. The van der Waals surface area contributed by atoms with Gasteiger partial charge >= 0.3 is 12.1 Å². The Labute approximate surface area is 259 Å². The number of nitrogens with one attached hydrogen (secondary N) is 2. The van der Waals surface area contributed by atoms with Crippen LogP contribution in [0.3, 0.4) is 0 Å². The van der Waals surface area contributed by atoms with Crippen molar-refractivity contribution in [1.82, 2.24) is 0 Å². The number of anilines is 2. The molecule has 4 aliphatic carbocycles. The van der Waals surface area contributed by atoms with E-state index >= 15 is 8.78 Å². The molecule has 4 aliphatic rings. The van der Waals surface area contributed by atoms with Gasteiger partial charge in [-0.1, -0.05) is 36.8 Å². The predicted molar refractivity (Wildman–Crippen MR) is 161 cm³/mol. The molecule has 0 heterocycles. The number of carbonyl (C=O) groups excluding carboxylic acids is 2. The van der Waals surface area contributed by atoms with E-state index in [0.29, 0.717) is 37.9 Å². The van der Waals surface area contributed by atoms with Crippen LogP contribution in [-0.2, 0) is 16.1 Å². The summed E-state index contributed by atoms with van der Waals surface area (Å²) in [5.74, 6) is -6.63. The lowest BCUT2D eigenvalue weighted by Crippen LogP contribution is -2.65. The smallest absolute Gasteiger partial charge is 0.383 e. The molecule has 2 aromatic carbocycles. The lowest BCUT2D eigenvalue weighted by molar-refractivity contribution is -0.362. The molecule has 0 aliphatic heterocycles. The highest BCUT2D eigenvalue weighted by Gasteiger charge is 2.79. The normalized spacial score (nSPS) is 29.8. The van der Waals surface area contributed by atoms with E-state index < -0.39 is 41.4 Å². The van der Waals surface area contributed by atoms with Gasteiger partial charge in [0.1, 0.15) is 5.60 Å². The van der Waals surface area contributed by atoms with Crippen molar-refractivity contribution in [1.29, 1.82) is 0 Å². The number of benzene rings is 2. The number of aliphatic hydroxyl groups is 1. The van der Waals surface area contributed by atoms with Gasteiger partial charge in [-0.2, -0.15) is 22.0 Å². The first-order valence-electron chi connectivity index (χ1n) is 15.5. The zero-order valence-electron chi connectivity index (χ0n) is 25.2. The first-order valence-corrected chi connectivity index (χ1v) is 15.5. The van der Waals surface area contributed by atoms with Crippen LogP contribution in [-0.4, -0.2) is 34.5 Å². The molecule has 0 spiro atoms. The van der Waals surface area contributed by atoms with E-state index in [9.17, 15) is 27.9 Å². The fourth-order valence-electron chi connectivity index (χ4n) is 8.66. The number of fused-ring (bicyclic) bond motifs is 4. The summed E-state index contributed by atoms with van der Waals surface area (Å²) in [6.07, 6.45) is -2.80. The zero-order chi connectivity index (χ0) is 32.4. The van der Waals surface area contributed by atoms with Crippen molar-refractivity contribution < 1.29 is 36.6 Å². The van der Waals surface area contributed by atoms with E-state index in [-0.39, 0.29) is 30.4 Å². The highest BCUT2D eigenvalue weighted by Crippen LogP contribution is 2.70. The second-order valence-corrected chi connectivity index (χ2v) is 13.3. The molecule has 3 unspecified atom stereocenters. The van der Waals surface area contributed by atoms with Gasteiger partial charge in [-0.25, -0.2) is 0 Å². The van der Waals surface area contributed by atoms with Gasteiger partial charge in [0.2, 0.25) is 5.91 Å². The van der Waals surface area contributed by atoms with Gasteiger partial charge in [-0.3, -0.25) is 9.59 Å².